The first kappa shape index (κ1) is 22.2. The quantitative estimate of drug-likeness (QED) is 0.334. The van der Waals surface area contributed by atoms with Crippen LogP contribution in [0, 0.1) is 6.92 Å². The Hall–Kier alpha value is -4.04. The molecular weight excluding hydrogens is 440 g/mol. The van der Waals surface area contributed by atoms with Gasteiger partial charge in [-0.2, -0.15) is 0 Å². The standard InChI is InChI=1S/C25H20N2O5S/c1-3-15-7-9-16(10-8-15)27-23(29)20(22(28)26-25(27)33)13-17-11-12-21(32-17)18-5-4-6-19(14(18)2)24(30)31/h4-13H,3H2,1-2H3,(H,30,31)(H,26,28,33)/b20-13+. The Bertz CT molecular complexity index is 1320. The lowest BCUT2D eigenvalue weighted by molar-refractivity contribution is -0.122. The van der Waals surface area contributed by atoms with E-state index in [2.05, 4.69) is 5.32 Å². The van der Waals surface area contributed by atoms with Gasteiger partial charge in [0, 0.05) is 5.56 Å². The molecule has 166 valence electrons. The van der Waals surface area contributed by atoms with E-state index < -0.39 is 17.8 Å². The van der Waals surface area contributed by atoms with E-state index in [9.17, 15) is 19.5 Å². The molecule has 33 heavy (non-hydrogen) atoms. The molecule has 1 aliphatic rings. The van der Waals surface area contributed by atoms with Crippen LogP contribution >= 0.6 is 12.2 Å². The number of hydrogen-bond acceptors (Lipinski definition) is 5. The molecule has 0 bridgehead atoms. The van der Waals surface area contributed by atoms with Crippen molar-refractivity contribution in [3.63, 3.8) is 0 Å². The first-order chi connectivity index (χ1) is 15.8. The van der Waals surface area contributed by atoms with E-state index in [0.29, 0.717) is 22.6 Å². The molecule has 0 atom stereocenters. The molecule has 2 aromatic carbocycles. The second-order valence-electron chi connectivity index (χ2n) is 7.46. The molecule has 2 amide bonds. The van der Waals surface area contributed by atoms with Crippen LogP contribution in [0.1, 0.15) is 34.2 Å². The van der Waals surface area contributed by atoms with E-state index in [0.717, 1.165) is 12.0 Å². The van der Waals surface area contributed by atoms with E-state index in [1.807, 2.05) is 19.1 Å². The summed E-state index contributed by atoms with van der Waals surface area (Å²) in [5.74, 6) is -1.51. The Morgan fingerprint density at radius 2 is 1.85 bits per heavy atom. The van der Waals surface area contributed by atoms with Crippen molar-refractivity contribution in [2.24, 2.45) is 0 Å². The number of aromatic carboxylic acids is 1. The minimum absolute atomic E-state index is 0.00708. The van der Waals surface area contributed by atoms with Gasteiger partial charge in [0.2, 0.25) is 0 Å². The number of rotatable bonds is 5. The molecule has 8 heteroatoms. The molecule has 0 unspecified atom stereocenters. The smallest absolute Gasteiger partial charge is 0.335 e. The summed E-state index contributed by atoms with van der Waals surface area (Å²) in [5.41, 5.74) is 2.87. The van der Waals surface area contributed by atoms with E-state index in [1.165, 1.54) is 17.0 Å². The van der Waals surface area contributed by atoms with Gasteiger partial charge in [-0.3, -0.25) is 19.8 Å². The highest BCUT2D eigenvalue weighted by molar-refractivity contribution is 7.80. The number of carbonyl (C=O) groups is 3. The van der Waals surface area contributed by atoms with Crippen LogP contribution in [0.5, 0.6) is 0 Å². The van der Waals surface area contributed by atoms with Crippen molar-refractivity contribution in [1.29, 1.82) is 0 Å². The summed E-state index contributed by atoms with van der Waals surface area (Å²) in [4.78, 5) is 38.4. The number of nitrogens with one attached hydrogen (secondary N) is 1. The van der Waals surface area contributed by atoms with Gasteiger partial charge in [-0.05, 0) is 73.1 Å². The lowest BCUT2D eigenvalue weighted by Gasteiger charge is -2.28. The number of carboxylic acid groups (broad SMARTS) is 1. The number of amides is 2. The second-order valence-corrected chi connectivity index (χ2v) is 7.85. The van der Waals surface area contributed by atoms with E-state index in [-0.39, 0.29) is 22.0 Å². The number of carbonyl (C=O) groups excluding carboxylic acids is 2. The molecule has 1 fully saturated rings. The third-order valence-electron chi connectivity index (χ3n) is 5.45. The molecule has 1 aliphatic heterocycles. The molecule has 7 nitrogen and oxygen atoms in total. The van der Waals surface area contributed by atoms with Gasteiger partial charge in [0.1, 0.15) is 17.1 Å². The molecule has 2 N–H and O–H groups in total. The van der Waals surface area contributed by atoms with Crippen molar-refractivity contribution in [3.05, 3.63) is 82.6 Å². The predicted octanol–water partition coefficient (Wildman–Crippen LogP) is 4.35. The van der Waals surface area contributed by atoms with Gasteiger partial charge in [0.25, 0.3) is 11.8 Å². The minimum atomic E-state index is -1.03. The van der Waals surface area contributed by atoms with Gasteiger partial charge < -0.3 is 9.52 Å². The predicted molar refractivity (Wildman–Crippen MR) is 128 cm³/mol. The summed E-state index contributed by atoms with van der Waals surface area (Å²) in [6.07, 6.45) is 2.21. The highest BCUT2D eigenvalue weighted by atomic mass is 32.1. The monoisotopic (exact) mass is 460 g/mol. The van der Waals surface area contributed by atoms with Crippen LogP contribution in [-0.2, 0) is 16.0 Å². The third-order valence-corrected chi connectivity index (χ3v) is 5.73. The average molecular weight is 461 g/mol. The summed E-state index contributed by atoms with van der Waals surface area (Å²) in [5, 5.41) is 11.9. The first-order valence-corrected chi connectivity index (χ1v) is 10.6. The van der Waals surface area contributed by atoms with E-state index >= 15 is 0 Å². The van der Waals surface area contributed by atoms with Crippen LogP contribution in [0.4, 0.5) is 5.69 Å². The zero-order valence-electron chi connectivity index (χ0n) is 17.9. The minimum Gasteiger partial charge on any atom is -0.478 e. The summed E-state index contributed by atoms with van der Waals surface area (Å²) in [6, 6.07) is 15.5. The van der Waals surface area contributed by atoms with Gasteiger partial charge in [-0.15, -0.1) is 0 Å². The second kappa shape index (κ2) is 8.84. The lowest BCUT2D eigenvalue weighted by atomic mass is 10.0. The average Bonchev–Trinajstić information content (AvgIpc) is 3.25. The molecule has 4 rings (SSSR count). The first-order valence-electron chi connectivity index (χ1n) is 10.2. The number of nitrogens with zero attached hydrogens (tertiary/aromatic N) is 1. The van der Waals surface area contributed by atoms with Crippen LogP contribution < -0.4 is 10.2 Å². The van der Waals surface area contributed by atoms with Crippen molar-refractivity contribution in [2.45, 2.75) is 20.3 Å². The van der Waals surface area contributed by atoms with Gasteiger partial charge in [-0.25, -0.2) is 4.79 Å². The normalized spacial score (nSPS) is 15.2. The molecular formula is C25H20N2O5S. The molecule has 0 radical (unpaired) electrons. The number of carboxylic acids is 1. The Kier molecular flexibility index (Phi) is 5.93. The van der Waals surface area contributed by atoms with Crippen molar-refractivity contribution >= 4 is 46.9 Å². The third kappa shape index (κ3) is 4.20. The lowest BCUT2D eigenvalue weighted by Crippen LogP contribution is -2.54. The Balaban J connectivity index is 1.67. The van der Waals surface area contributed by atoms with E-state index in [1.54, 1.807) is 43.3 Å². The maximum absolute atomic E-state index is 13.2. The maximum Gasteiger partial charge on any atom is 0.335 e. The Morgan fingerprint density at radius 3 is 2.52 bits per heavy atom. The zero-order chi connectivity index (χ0) is 23.7. The SMILES string of the molecule is CCc1ccc(N2C(=O)/C(=C/c3ccc(-c4cccc(C(=O)O)c4C)o3)C(=O)NC2=S)cc1. The topological polar surface area (TPSA) is 99.8 Å². The zero-order valence-corrected chi connectivity index (χ0v) is 18.7. The van der Waals surface area contributed by atoms with Crippen molar-refractivity contribution in [2.75, 3.05) is 4.90 Å². The van der Waals surface area contributed by atoms with Crippen molar-refractivity contribution < 1.29 is 23.9 Å². The van der Waals surface area contributed by atoms with Crippen LogP contribution in [-0.4, -0.2) is 28.0 Å². The highest BCUT2D eigenvalue weighted by Gasteiger charge is 2.34. The number of furan rings is 1. The van der Waals surface area contributed by atoms with Gasteiger partial charge in [0.15, 0.2) is 5.11 Å². The van der Waals surface area contributed by atoms with Crippen LogP contribution in [0.2, 0.25) is 0 Å². The highest BCUT2D eigenvalue weighted by Crippen LogP contribution is 2.29. The largest absolute Gasteiger partial charge is 0.478 e. The summed E-state index contributed by atoms with van der Waals surface area (Å²) in [6.45, 7) is 3.73. The molecule has 0 saturated carbocycles. The maximum atomic E-state index is 13.2. The number of aryl methyl sites for hydroxylation is 1. The fourth-order valence-electron chi connectivity index (χ4n) is 3.62. The number of thiocarbonyl (C=S) groups is 1. The Morgan fingerprint density at radius 1 is 1.12 bits per heavy atom. The van der Waals surface area contributed by atoms with Crippen LogP contribution in [0.15, 0.2) is 64.6 Å². The van der Waals surface area contributed by atoms with E-state index in [4.69, 9.17) is 16.6 Å². The van der Waals surface area contributed by atoms with Gasteiger partial charge >= 0.3 is 5.97 Å². The summed E-state index contributed by atoms with van der Waals surface area (Å²) >= 11 is 5.23. The molecule has 0 aliphatic carbocycles. The Labute approximate surface area is 195 Å². The number of hydrogen-bond donors (Lipinski definition) is 2. The fourth-order valence-corrected chi connectivity index (χ4v) is 3.91. The molecule has 2 heterocycles. The summed E-state index contributed by atoms with van der Waals surface area (Å²) < 4.78 is 5.83. The van der Waals surface area contributed by atoms with Crippen molar-refractivity contribution in [1.82, 2.24) is 5.32 Å². The molecule has 0 spiro atoms. The molecule has 3 aromatic rings. The number of benzene rings is 2. The van der Waals surface area contributed by atoms with Crippen LogP contribution in [0.25, 0.3) is 17.4 Å². The summed E-state index contributed by atoms with van der Waals surface area (Å²) in [7, 11) is 0. The van der Waals surface area contributed by atoms with Gasteiger partial charge in [-0.1, -0.05) is 31.2 Å². The van der Waals surface area contributed by atoms with Crippen LogP contribution in [0.3, 0.4) is 0 Å². The molecule has 1 saturated heterocycles. The fraction of sp³-hybridized carbons (Fsp3) is 0.120. The van der Waals surface area contributed by atoms with Gasteiger partial charge in [0.05, 0.1) is 11.3 Å². The molecule has 1 aromatic heterocycles. The number of anilines is 1. The van der Waals surface area contributed by atoms with Crippen molar-refractivity contribution in [3.8, 4) is 11.3 Å².